The van der Waals surface area contributed by atoms with Crippen molar-refractivity contribution >= 4 is 12.7 Å². The number of hydrogen-bond donors (Lipinski definition) is 1. The Balaban J connectivity index is 3.14. The largest absolute Gasteiger partial charge is 0.345 e. The van der Waals surface area contributed by atoms with Gasteiger partial charge in [-0.25, -0.2) is 0 Å². The molecule has 15 heavy (non-hydrogen) atoms. The number of allylic oxidation sites excluding steroid dienone is 2. The highest BCUT2D eigenvalue weighted by atomic mass is 15.0. The third-order valence-electron chi connectivity index (χ3n) is 2.55. The molecular weight excluding hydrogens is 184 g/mol. The minimum absolute atomic E-state index is 0.432. The summed E-state index contributed by atoms with van der Waals surface area (Å²) >= 11 is 0. The number of aromatic nitrogens is 1. The van der Waals surface area contributed by atoms with E-state index in [1.807, 2.05) is 25.1 Å². The van der Waals surface area contributed by atoms with Crippen LogP contribution in [0.15, 0.2) is 24.4 Å². The average molecular weight is 204 g/mol. The van der Waals surface area contributed by atoms with Crippen molar-refractivity contribution in [2.24, 2.45) is 5.73 Å². The maximum absolute atomic E-state index is 5.57. The lowest BCUT2D eigenvalue weighted by atomic mass is 10.2. The van der Waals surface area contributed by atoms with Crippen LogP contribution < -0.4 is 16.3 Å². The van der Waals surface area contributed by atoms with Gasteiger partial charge in [0.25, 0.3) is 0 Å². The number of rotatable bonds is 4. The molecule has 82 valence electrons. The molecule has 1 heterocycles. The Morgan fingerprint density at radius 3 is 2.93 bits per heavy atom. The minimum atomic E-state index is 0.432. The van der Waals surface area contributed by atoms with Gasteiger partial charge in [0.05, 0.1) is 0 Å². The monoisotopic (exact) mass is 204 g/mol. The zero-order chi connectivity index (χ0) is 11.3. The average Bonchev–Trinajstić information content (AvgIpc) is 2.57. The number of nitrogens with zero attached hydrogens (tertiary/aromatic N) is 1. The summed E-state index contributed by atoms with van der Waals surface area (Å²) in [6, 6.07) is 2.48. The second kappa shape index (κ2) is 5.56. The molecule has 1 aromatic rings. The Labute approximate surface area is 91.4 Å². The second-order valence-corrected chi connectivity index (χ2v) is 3.75. The summed E-state index contributed by atoms with van der Waals surface area (Å²) in [7, 11) is 0. The van der Waals surface area contributed by atoms with E-state index in [-0.39, 0.29) is 0 Å². The quantitative estimate of drug-likeness (QED) is 0.784. The van der Waals surface area contributed by atoms with Crippen LogP contribution in [-0.4, -0.2) is 11.1 Å². The summed E-state index contributed by atoms with van der Waals surface area (Å²) in [5, 5.41) is 2.24. The van der Waals surface area contributed by atoms with Gasteiger partial charge in [-0.1, -0.05) is 18.7 Å². The van der Waals surface area contributed by atoms with Gasteiger partial charge in [0.15, 0.2) is 0 Å². The Kier molecular flexibility index (Phi) is 4.37. The summed E-state index contributed by atoms with van der Waals surface area (Å²) in [5.74, 6) is 0. The predicted molar refractivity (Wildman–Crippen MR) is 66.9 cm³/mol. The summed E-state index contributed by atoms with van der Waals surface area (Å²) in [6.07, 6.45) is 9.22. The van der Waals surface area contributed by atoms with Gasteiger partial charge in [0.1, 0.15) is 0 Å². The lowest BCUT2D eigenvalue weighted by Crippen LogP contribution is -2.30. The van der Waals surface area contributed by atoms with Crippen LogP contribution in [-0.2, 0) is 0 Å². The normalized spacial score (nSPS) is 15.0. The van der Waals surface area contributed by atoms with E-state index in [2.05, 4.69) is 30.3 Å². The minimum Gasteiger partial charge on any atom is -0.345 e. The van der Waals surface area contributed by atoms with E-state index in [0.717, 1.165) is 18.2 Å². The van der Waals surface area contributed by atoms with Crippen LogP contribution in [0.4, 0.5) is 0 Å². The Morgan fingerprint density at radius 2 is 2.33 bits per heavy atom. The van der Waals surface area contributed by atoms with Crippen LogP contribution in [0.25, 0.3) is 12.7 Å². The molecule has 0 aliphatic rings. The maximum Gasteiger partial charge on any atom is 0.0476 e. The molecule has 0 aliphatic carbocycles. The van der Waals surface area contributed by atoms with Crippen LogP contribution in [0.3, 0.4) is 0 Å². The van der Waals surface area contributed by atoms with E-state index in [1.165, 1.54) is 5.35 Å². The molecule has 0 aromatic carbocycles. The van der Waals surface area contributed by atoms with E-state index in [0.29, 0.717) is 6.04 Å². The standard InChI is InChI=1S/C13H20N2/c1-4-5-6-13-11(2)8-10-15(13)12(3)7-9-14/h4-6,8,10,12H,2,7,9,14H2,1,3H3/b5-4-,13-6+. The first-order valence-corrected chi connectivity index (χ1v) is 5.39. The molecule has 1 unspecified atom stereocenters. The van der Waals surface area contributed by atoms with Crippen LogP contribution >= 0.6 is 0 Å². The lowest BCUT2D eigenvalue weighted by molar-refractivity contribution is 0.505. The second-order valence-electron chi connectivity index (χ2n) is 3.75. The molecule has 0 aliphatic heterocycles. The fourth-order valence-electron chi connectivity index (χ4n) is 1.65. The SMILES string of the molecule is C=c1ccn(C(C)CCN)/c1=C/C=C\C. The molecule has 1 rings (SSSR count). The highest BCUT2D eigenvalue weighted by molar-refractivity contribution is 5.35. The maximum atomic E-state index is 5.57. The van der Waals surface area contributed by atoms with E-state index < -0.39 is 0 Å². The molecular formula is C13H20N2. The van der Waals surface area contributed by atoms with Crippen molar-refractivity contribution in [3.8, 4) is 0 Å². The molecule has 0 spiro atoms. The summed E-state index contributed by atoms with van der Waals surface area (Å²) in [4.78, 5) is 0. The molecule has 2 N–H and O–H groups in total. The van der Waals surface area contributed by atoms with Crippen molar-refractivity contribution in [3.05, 3.63) is 35.0 Å². The van der Waals surface area contributed by atoms with E-state index >= 15 is 0 Å². The van der Waals surface area contributed by atoms with Crippen molar-refractivity contribution in [2.75, 3.05) is 6.54 Å². The van der Waals surface area contributed by atoms with Gasteiger partial charge < -0.3 is 10.3 Å². The Morgan fingerprint density at radius 1 is 1.60 bits per heavy atom. The first kappa shape index (κ1) is 11.8. The highest BCUT2D eigenvalue weighted by Crippen LogP contribution is 2.04. The van der Waals surface area contributed by atoms with Crippen molar-refractivity contribution < 1.29 is 0 Å². The van der Waals surface area contributed by atoms with Crippen molar-refractivity contribution in [2.45, 2.75) is 26.3 Å². The smallest absolute Gasteiger partial charge is 0.0476 e. The molecule has 0 radical (unpaired) electrons. The van der Waals surface area contributed by atoms with Crippen LogP contribution in [0.5, 0.6) is 0 Å². The van der Waals surface area contributed by atoms with Crippen LogP contribution in [0.2, 0.25) is 0 Å². The van der Waals surface area contributed by atoms with E-state index in [1.54, 1.807) is 0 Å². The first-order chi connectivity index (χ1) is 7.20. The van der Waals surface area contributed by atoms with Gasteiger partial charge in [-0.15, -0.1) is 0 Å². The van der Waals surface area contributed by atoms with Gasteiger partial charge in [0.2, 0.25) is 0 Å². The zero-order valence-corrected chi connectivity index (χ0v) is 9.61. The summed E-state index contributed by atoms with van der Waals surface area (Å²) < 4.78 is 2.23. The van der Waals surface area contributed by atoms with Gasteiger partial charge in [-0.2, -0.15) is 0 Å². The van der Waals surface area contributed by atoms with Gasteiger partial charge in [-0.05, 0) is 44.2 Å². The lowest BCUT2D eigenvalue weighted by Gasteiger charge is -2.12. The Bertz CT molecular complexity index is 426. The topological polar surface area (TPSA) is 30.9 Å². The van der Waals surface area contributed by atoms with Crippen LogP contribution in [0, 0.1) is 0 Å². The van der Waals surface area contributed by atoms with Gasteiger partial charge >= 0.3 is 0 Å². The molecule has 1 atom stereocenters. The molecule has 0 bridgehead atoms. The molecule has 2 nitrogen and oxygen atoms in total. The zero-order valence-electron chi connectivity index (χ0n) is 9.61. The first-order valence-electron chi connectivity index (χ1n) is 5.39. The third kappa shape index (κ3) is 2.83. The van der Waals surface area contributed by atoms with Crippen molar-refractivity contribution in [1.29, 1.82) is 0 Å². The summed E-state index contributed by atoms with van der Waals surface area (Å²) in [5.41, 5.74) is 5.57. The molecule has 2 heteroatoms. The fraction of sp³-hybridized carbons (Fsp3) is 0.385. The summed E-state index contributed by atoms with van der Waals surface area (Å²) in [6.45, 7) is 8.93. The predicted octanol–water partition coefficient (Wildman–Crippen LogP) is 1.16. The van der Waals surface area contributed by atoms with Crippen molar-refractivity contribution in [3.63, 3.8) is 0 Å². The fourth-order valence-corrected chi connectivity index (χ4v) is 1.65. The molecule has 0 fully saturated rings. The van der Waals surface area contributed by atoms with Gasteiger partial charge in [0, 0.05) is 17.6 Å². The molecule has 0 saturated heterocycles. The number of nitrogens with two attached hydrogens (primary N) is 1. The third-order valence-corrected chi connectivity index (χ3v) is 2.55. The number of hydrogen-bond acceptors (Lipinski definition) is 1. The van der Waals surface area contributed by atoms with E-state index in [9.17, 15) is 0 Å². The molecule has 0 amide bonds. The molecule has 0 saturated carbocycles. The van der Waals surface area contributed by atoms with Crippen LogP contribution in [0.1, 0.15) is 26.3 Å². The highest BCUT2D eigenvalue weighted by Gasteiger charge is 2.03. The van der Waals surface area contributed by atoms with Crippen molar-refractivity contribution in [1.82, 2.24) is 4.57 Å². The van der Waals surface area contributed by atoms with E-state index in [4.69, 9.17) is 5.73 Å². The Hall–Kier alpha value is -1.28. The molecule has 1 aromatic heterocycles. The van der Waals surface area contributed by atoms with Gasteiger partial charge in [-0.3, -0.25) is 0 Å².